The van der Waals surface area contributed by atoms with E-state index in [1.165, 1.54) is 0 Å². The topological polar surface area (TPSA) is 40.5 Å². The highest BCUT2D eigenvalue weighted by Crippen LogP contribution is 2.40. The Kier molecular flexibility index (Phi) is 2.64. The summed E-state index contributed by atoms with van der Waals surface area (Å²) in [6.45, 7) is 2.03. The molecule has 1 heterocycles. The molecule has 0 bridgehead atoms. The fraction of sp³-hybridized carbons (Fsp3) is 0.188. The van der Waals surface area contributed by atoms with Gasteiger partial charge in [-0.1, -0.05) is 48.5 Å². The molecule has 1 N–H and O–H groups in total. The van der Waals surface area contributed by atoms with Crippen LogP contribution in [0.4, 0.5) is 5.69 Å². The SMILES string of the molecule is C[C@@]1(O)C(=O)N(Cc2ccccc2)c2ccccc21. The van der Waals surface area contributed by atoms with Crippen LogP contribution in [0.3, 0.4) is 0 Å². The zero-order valence-electron chi connectivity index (χ0n) is 10.7. The van der Waals surface area contributed by atoms with Crippen LogP contribution in [0.25, 0.3) is 0 Å². The first kappa shape index (κ1) is 11.9. The van der Waals surface area contributed by atoms with E-state index in [4.69, 9.17) is 0 Å². The van der Waals surface area contributed by atoms with E-state index < -0.39 is 5.60 Å². The molecular formula is C16H15NO2. The maximum atomic E-state index is 12.4. The number of anilines is 1. The average Bonchev–Trinajstić information content (AvgIpc) is 2.62. The third kappa shape index (κ3) is 1.83. The van der Waals surface area contributed by atoms with Gasteiger partial charge in [-0.3, -0.25) is 4.79 Å². The second kappa shape index (κ2) is 4.21. The summed E-state index contributed by atoms with van der Waals surface area (Å²) in [5, 5.41) is 10.4. The number of hydrogen-bond acceptors (Lipinski definition) is 2. The van der Waals surface area contributed by atoms with Gasteiger partial charge in [0.05, 0.1) is 12.2 Å². The second-order valence-corrected chi connectivity index (χ2v) is 4.97. The van der Waals surface area contributed by atoms with Crippen LogP contribution in [-0.2, 0) is 16.9 Å². The summed E-state index contributed by atoms with van der Waals surface area (Å²) in [4.78, 5) is 14.0. The molecule has 2 aromatic carbocycles. The van der Waals surface area contributed by atoms with Gasteiger partial charge in [-0.05, 0) is 18.6 Å². The van der Waals surface area contributed by atoms with Gasteiger partial charge in [0.2, 0.25) is 0 Å². The highest BCUT2D eigenvalue weighted by atomic mass is 16.3. The van der Waals surface area contributed by atoms with Crippen molar-refractivity contribution in [1.82, 2.24) is 0 Å². The molecule has 3 nitrogen and oxygen atoms in total. The minimum atomic E-state index is -1.43. The largest absolute Gasteiger partial charge is 0.375 e. The molecule has 3 rings (SSSR count). The lowest BCUT2D eigenvalue weighted by Crippen LogP contribution is -2.37. The Balaban J connectivity index is 2.02. The Hall–Kier alpha value is -2.13. The minimum absolute atomic E-state index is 0.266. The first-order chi connectivity index (χ1) is 9.10. The van der Waals surface area contributed by atoms with Gasteiger partial charge in [-0.15, -0.1) is 0 Å². The zero-order valence-corrected chi connectivity index (χ0v) is 10.7. The number of carbonyl (C=O) groups is 1. The van der Waals surface area contributed by atoms with Crippen molar-refractivity contribution in [1.29, 1.82) is 0 Å². The van der Waals surface area contributed by atoms with Gasteiger partial charge < -0.3 is 10.0 Å². The number of amides is 1. The molecule has 0 aliphatic carbocycles. The molecule has 2 aromatic rings. The average molecular weight is 253 g/mol. The van der Waals surface area contributed by atoms with E-state index in [-0.39, 0.29) is 5.91 Å². The molecule has 1 amide bonds. The van der Waals surface area contributed by atoms with Crippen molar-refractivity contribution in [3.8, 4) is 0 Å². The van der Waals surface area contributed by atoms with Crippen molar-refractivity contribution in [3.05, 3.63) is 65.7 Å². The molecule has 0 aromatic heterocycles. The Labute approximate surface area is 112 Å². The molecule has 1 atom stereocenters. The zero-order chi connectivity index (χ0) is 13.5. The van der Waals surface area contributed by atoms with Gasteiger partial charge in [0, 0.05) is 5.56 Å². The lowest BCUT2D eigenvalue weighted by molar-refractivity contribution is -0.134. The summed E-state index contributed by atoms with van der Waals surface area (Å²) in [6.07, 6.45) is 0. The van der Waals surface area contributed by atoms with Crippen LogP contribution >= 0.6 is 0 Å². The number of nitrogens with zero attached hydrogens (tertiary/aromatic N) is 1. The number of para-hydroxylation sites is 1. The van der Waals surface area contributed by atoms with E-state index in [9.17, 15) is 9.90 Å². The van der Waals surface area contributed by atoms with Crippen molar-refractivity contribution in [2.75, 3.05) is 4.90 Å². The highest BCUT2D eigenvalue weighted by Gasteiger charge is 2.45. The molecule has 0 fully saturated rings. The summed E-state index contributed by atoms with van der Waals surface area (Å²) in [5.41, 5.74) is 1.09. The Morgan fingerprint density at radius 1 is 1.05 bits per heavy atom. The lowest BCUT2D eigenvalue weighted by Gasteiger charge is -2.19. The number of benzene rings is 2. The van der Waals surface area contributed by atoms with Crippen LogP contribution < -0.4 is 4.90 Å². The first-order valence-electron chi connectivity index (χ1n) is 6.28. The van der Waals surface area contributed by atoms with Crippen LogP contribution in [0.15, 0.2) is 54.6 Å². The van der Waals surface area contributed by atoms with Crippen LogP contribution in [0.2, 0.25) is 0 Å². The predicted octanol–water partition coefficient (Wildman–Crippen LogP) is 2.44. The standard InChI is InChI=1S/C16H15NO2/c1-16(19)13-9-5-6-10-14(13)17(15(16)18)11-12-7-3-2-4-8-12/h2-10,19H,11H2,1H3/t16-/m0/s1. The van der Waals surface area contributed by atoms with E-state index in [1.807, 2.05) is 48.5 Å². The number of hydrogen-bond donors (Lipinski definition) is 1. The van der Waals surface area contributed by atoms with Gasteiger partial charge in [-0.25, -0.2) is 0 Å². The van der Waals surface area contributed by atoms with Crippen molar-refractivity contribution in [2.24, 2.45) is 0 Å². The minimum Gasteiger partial charge on any atom is -0.375 e. The number of carbonyl (C=O) groups excluding carboxylic acids is 1. The Bertz CT molecular complexity index is 620. The van der Waals surface area contributed by atoms with Gasteiger partial charge in [0.1, 0.15) is 0 Å². The number of aliphatic hydroxyl groups is 1. The highest BCUT2D eigenvalue weighted by molar-refractivity contribution is 6.06. The first-order valence-corrected chi connectivity index (χ1v) is 6.28. The fourth-order valence-electron chi connectivity index (χ4n) is 2.53. The molecular weight excluding hydrogens is 238 g/mol. The third-order valence-electron chi connectivity index (χ3n) is 3.56. The molecule has 3 heteroatoms. The van der Waals surface area contributed by atoms with Crippen molar-refractivity contribution in [2.45, 2.75) is 19.1 Å². The van der Waals surface area contributed by atoms with E-state index >= 15 is 0 Å². The molecule has 96 valence electrons. The quantitative estimate of drug-likeness (QED) is 0.893. The van der Waals surface area contributed by atoms with E-state index in [0.29, 0.717) is 12.1 Å². The van der Waals surface area contributed by atoms with E-state index in [0.717, 1.165) is 11.3 Å². The summed E-state index contributed by atoms with van der Waals surface area (Å²) in [5.74, 6) is -0.266. The van der Waals surface area contributed by atoms with Crippen LogP contribution in [-0.4, -0.2) is 11.0 Å². The number of rotatable bonds is 2. The summed E-state index contributed by atoms with van der Waals surface area (Å²) < 4.78 is 0. The lowest BCUT2D eigenvalue weighted by atomic mass is 9.98. The van der Waals surface area contributed by atoms with Gasteiger partial charge in [0.25, 0.3) is 5.91 Å². The monoisotopic (exact) mass is 253 g/mol. The van der Waals surface area contributed by atoms with Crippen LogP contribution in [0.1, 0.15) is 18.1 Å². The summed E-state index contributed by atoms with van der Waals surface area (Å²) >= 11 is 0. The molecule has 1 aliphatic heterocycles. The molecule has 1 aliphatic rings. The molecule has 0 radical (unpaired) electrons. The maximum Gasteiger partial charge on any atom is 0.263 e. The van der Waals surface area contributed by atoms with Gasteiger partial charge in [-0.2, -0.15) is 0 Å². The van der Waals surface area contributed by atoms with Gasteiger partial charge >= 0.3 is 0 Å². The number of fused-ring (bicyclic) bond motifs is 1. The van der Waals surface area contributed by atoms with Crippen LogP contribution in [0.5, 0.6) is 0 Å². The van der Waals surface area contributed by atoms with Crippen LogP contribution in [0, 0.1) is 0 Å². The third-order valence-corrected chi connectivity index (χ3v) is 3.56. The molecule has 0 unspecified atom stereocenters. The van der Waals surface area contributed by atoms with E-state index in [2.05, 4.69) is 0 Å². The normalized spacial score (nSPS) is 21.6. The van der Waals surface area contributed by atoms with Crippen molar-refractivity contribution >= 4 is 11.6 Å². The maximum absolute atomic E-state index is 12.4. The fourth-order valence-corrected chi connectivity index (χ4v) is 2.53. The molecule has 0 spiro atoms. The molecule has 19 heavy (non-hydrogen) atoms. The summed E-state index contributed by atoms with van der Waals surface area (Å²) in [6, 6.07) is 17.2. The second-order valence-electron chi connectivity index (χ2n) is 4.97. The Morgan fingerprint density at radius 3 is 2.42 bits per heavy atom. The Morgan fingerprint density at radius 2 is 1.68 bits per heavy atom. The predicted molar refractivity (Wildman–Crippen MR) is 73.6 cm³/mol. The van der Waals surface area contributed by atoms with Crippen molar-refractivity contribution in [3.63, 3.8) is 0 Å². The van der Waals surface area contributed by atoms with Crippen molar-refractivity contribution < 1.29 is 9.90 Å². The van der Waals surface area contributed by atoms with E-state index in [1.54, 1.807) is 17.9 Å². The molecule has 0 saturated heterocycles. The van der Waals surface area contributed by atoms with Gasteiger partial charge in [0.15, 0.2) is 5.60 Å². The summed E-state index contributed by atoms with van der Waals surface area (Å²) in [7, 11) is 0. The molecule has 0 saturated carbocycles. The smallest absolute Gasteiger partial charge is 0.263 e.